The second kappa shape index (κ2) is 5.38. The second-order valence-electron chi connectivity index (χ2n) is 4.47. The molecular weight excluding hydrogens is 267 g/mol. The van der Waals surface area contributed by atoms with Crippen LogP contribution in [0, 0.1) is 13.8 Å². The molecule has 1 atom stereocenters. The average molecular weight is 283 g/mol. The molecule has 0 aliphatic rings. The molecule has 0 aliphatic heterocycles. The highest BCUT2D eigenvalue weighted by molar-refractivity contribution is 6.31. The average Bonchev–Trinajstić information content (AvgIpc) is 2.81. The van der Waals surface area contributed by atoms with E-state index >= 15 is 0 Å². The first-order chi connectivity index (χ1) is 8.54. The summed E-state index contributed by atoms with van der Waals surface area (Å²) in [6.45, 7) is 6.08. The van der Waals surface area contributed by atoms with Crippen LogP contribution >= 0.6 is 23.2 Å². The van der Waals surface area contributed by atoms with Crippen LogP contribution in [-0.2, 0) is 6.42 Å². The number of benzene rings is 1. The first-order valence-electron chi connectivity index (χ1n) is 6.01. The third kappa shape index (κ3) is 2.43. The first-order valence-corrected chi connectivity index (χ1v) is 6.83. The molecule has 1 nitrogen and oxygen atoms in total. The standard InChI is InChI=1S/C15H16Cl2O/c1-4-14-11(5-6-18-14)15(17)12-7-10(3)13(16)8-9(12)2/h5-8,15H,4H2,1-3H3. The molecule has 1 unspecified atom stereocenters. The zero-order valence-corrected chi connectivity index (χ0v) is 12.3. The zero-order valence-electron chi connectivity index (χ0n) is 10.8. The predicted molar refractivity (Wildman–Crippen MR) is 76.7 cm³/mol. The number of halogens is 2. The van der Waals surface area contributed by atoms with E-state index in [1.807, 2.05) is 26.0 Å². The summed E-state index contributed by atoms with van der Waals surface area (Å²) >= 11 is 12.7. The Morgan fingerprint density at radius 3 is 2.56 bits per heavy atom. The number of hydrogen-bond donors (Lipinski definition) is 0. The van der Waals surface area contributed by atoms with Crippen LogP contribution in [0.3, 0.4) is 0 Å². The van der Waals surface area contributed by atoms with Crippen molar-refractivity contribution in [2.45, 2.75) is 32.6 Å². The molecule has 0 saturated carbocycles. The topological polar surface area (TPSA) is 13.1 Å². The van der Waals surface area contributed by atoms with Gasteiger partial charge in [-0.05, 0) is 42.7 Å². The molecule has 2 rings (SSSR count). The summed E-state index contributed by atoms with van der Waals surface area (Å²) in [5, 5.41) is 0.595. The van der Waals surface area contributed by atoms with Gasteiger partial charge in [0.15, 0.2) is 0 Å². The molecule has 0 fully saturated rings. The minimum atomic E-state index is -0.185. The zero-order chi connectivity index (χ0) is 13.3. The first kappa shape index (κ1) is 13.5. The SMILES string of the molecule is CCc1occc1C(Cl)c1cc(C)c(Cl)cc1C. The van der Waals surface area contributed by atoms with Crippen LogP contribution in [-0.4, -0.2) is 0 Å². The van der Waals surface area contributed by atoms with E-state index in [0.717, 1.165) is 39.5 Å². The van der Waals surface area contributed by atoms with Crippen molar-refractivity contribution in [1.29, 1.82) is 0 Å². The lowest BCUT2D eigenvalue weighted by molar-refractivity contribution is 0.512. The van der Waals surface area contributed by atoms with Gasteiger partial charge in [-0.15, -0.1) is 11.6 Å². The molecular formula is C15H16Cl2O. The lowest BCUT2D eigenvalue weighted by atomic mass is 9.98. The van der Waals surface area contributed by atoms with Gasteiger partial charge in [0.2, 0.25) is 0 Å². The normalized spacial score (nSPS) is 12.7. The van der Waals surface area contributed by atoms with Gasteiger partial charge in [-0.25, -0.2) is 0 Å². The lowest BCUT2D eigenvalue weighted by Gasteiger charge is -2.14. The van der Waals surface area contributed by atoms with Gasteiger partial charge in [-0.3, -0.25) is 0 Å². The van der Waals surface area contributed by atoms with Crippen LogP contribution in [0.15, 0.2) is 28.9 Å². The Balaban J connectivity index is 2.46. The van der Waals surface area contributed by atoms with Crippen LogP contribution < -0.4 is 0 Å². The third-order valence-corrected chi connectivity index (χ3v) is 4.07. The highest BCUT2D eigenvalue weighted by Gasteiger charge is 2.19. The minimum absolute atomic E-state index is 0.185. The minimum Gasteiger partial charge on any atom is -0.469 e. The van der Waals surface area contributed by atoms with Gasteiger partial charge in [0.05, 0.1) is 11.6 Å². The Labute approximate surface area is 118 Å². The Hall–Kier alpha value is -0.920. The van der Waals surface area contributed by atoms with Crippen LogP contribution in [0.4, 0.5) is 0 Å². The molecule has 3 heteroatoms. The van der Waals surface area contributed by atoms with E-state index in [1.165, 1.54) is 0 Å². The van der Waals surface area contributed by atoms with Gasteiger partial charge < -0.3 is 4.42 Å². The fourth-order valence-electron chi connectivity index (χ4n) is 2.11. The molecule has 1 aromatic heterocycles. The van der Waals surface area contributed by atoms with E-state index < -0.39 is 0 Å². The molecule has 96 valence electrons. The van der Waals surface area contributed by atoms with E-state index in [2.05, 4.69) is 13.0 Å². The van der Waals surface area contributed by atoms with Crippen molar-refractivity contribution in [3.8, 4) is 0 Å². The fourth-order valence-corrected chi connectivity index (χ4v) is 2.76. The highest BCUT2D eigenvalue weighted by Crippen LogP contribution is 2.35. The molecule has 0 saturated heterocycles. The van der Waals surface area contributed by atoms with Crippen molar-refractivity contribution >= 4 is 23.2 Å². The number of aryl methyl sites for hydroxylation is 3. The summed E-state index contributed by atoms with van der Waals surface area (Å²) in [5.41, 5.74) is 4.29. The summed E-state index contributed by atoms with van der Waals surface area (Å²) in [7, 11) is 0. The molecule has 0 aliphatic carbocycles. The monoisotopic (exact) mass is 282 g/mol. The third-order valence-electron chi connectivity index (χ3n) is 3.19. The molecule has 2 aromatic rings. The van der Waals surface area contributed by atoms with Crippen molar-refractivity contribution < 1.29 is 4.42 Å². The molecule has 0 radical (unpaired) electrons. The predicted octanol–water partition coefficient (Wildman–Crippen LogP) is 5.44. The lowest BCUT2D eigenvalue weighted by Crippen LogP contribution is -1.99. The molecule has 1 aromatic carbocycles. The van der Waals surface area contributed by atoms with Crippen LogP contribution in [0.25, 0.3) is 0 Å². The number of rotatable bonds is 3. The van der Waals surface area contributed by atoms with Crippen LogP contribution in [0.2, 0.25) is 5.02 Å². The van der Waals surface area contributed by atoms with E-state index in [0.29, 0.717) is 0 Å². The molecule has 0 N–H and O–H groups in total. The number of furan rings is 1. The van der Waals surface area contributed by atoms with Gasteiger partial charge in [-0.1, -0.05) is 24.6 Å². The van der Waals surface area contributed by atoms with Crippen molar-refractivity contribution in [3.05, 3.63) is 57.5 Å². The summed E-state index contributed by atoms with van der Waals surface area (Å²) in [6, 6.07) is 5.97. The van der Waals surface area contributed by atoms with Gasteiger partial charge in [0.25, 0.3) is 0 Å². The Morgan fingerprint density at radius 2 is 1.89 bits per heavy atom. The molecule has 0 bridgehead atoms. The fraction of sp³-hybridized carbons (Fsp3) is 0.333. The number of alkyl halides is 1. The summed E-state index contributed by atoms with van der Waals surface area (Å²) in [5.74, 6) is 0.946. The summed E-state index contributed by atoms with van der Waals surface area (Å²) < 4.78 is 5.44. The van der Waals surface area contributed by atoms with Crippen LogP contribution in [0.5, 0.6) is 0 Å². The Morgan fingerprint density at radius 1 is 1.17 bits per heavy atom. The van der Waals surface area contributed by atoms with Crippen molar-refractivity contribution in [2.75, 3.05) is 0 Å². The molecule has 1 heterocycles. The molecule has 0 spiro atoms. The number of hydrogen-bond acceptors (Lipinski definition) is 1. The van der Waals surface area contributed by atoms with Gasteiger partial charge in [0, 0.05) is 17.0 Å². The van der Waals surface area contributed by atoms with E-state index in [9.17, 15) is 0 Å². The largest absolute Gasteiger partial charge is 0.469 e. The molecule has 18 heavy (non-hydrogen) atoms. The maximum atomic E-state index is 6.58. The summed E-state index contributed by atoms with van der Waals surface area (Å²) in [6.07, 6.45) is 2.54. The van der Waals surface area contributed by atoms with Crippen molar-refractivity contribution in [3.63, 3.8) is 0 Å². The van der Waals surface area contributed by atoms with Crippen molar-refractivity contribution in [1.82, 2.24) is 0 Å². The van der Waals surface area contributed by atoms with E-state index in [-0.39, 0.29) is 5.38 Å². The van der Waals surface area contributed by atoms with E-state index in [1.54, 1.807) is 6.26 Å². The van der Waals surface area contributed by atoms with Gasteiger partial charge in [-0.2, -0.15) is 0 Å². The maximum Gasteiger partial charge on any atom is 0.108 e. The smallest absolute Gasteiger partial charge is 0.108 e. The van der Waals surface area contributed by atoms with Gasteiger partial charge >= 0.3 is 0 Å². The summed E-state index contributed by atoms with van der Waals surface area (Å²) in [4.78, 5) is 0. The quantitative estimate of drug-likeness (QED) is 0.683. The van der Waals surface area contributed by atoms with Crippen LogP contribution in [0.1, 0.15) is 40.3 Å². The maximum absolute atomic E-state index is 6.58. The Kier molecular flexibility index (Phi) is 4.04. The Bertz CT molecular complexity index is 558. The van der Waals surface area contributed by atoms with Crippen molar-refractivity contribution in [2.24, 2.45) is 0 Å². The van der Waals surface area contributed by atoms with E-state index in [4.69, 9.17) is 27.6 Å². The van der Waals surface area contributed by atoms with Gasteiger partial charge in [0.1, 0.15) is 5.76 Å². The highest BCUT2D eigenvalue weighted by atomic mass is 35.5. The second-order valence-corrected chi connectivity index (χ2v) is 5.32. The molecule has 0 amide bonds.